The lowest BCUT2D eigenvalue weighted by atomic mass is 10.1. The third kappa shape index (κ3) is 4.42. The number of likely N-dealkylation sites (N-methyl/N-ethyl adjacent to an activating group) is 1. The lowest BCUT2D eigenvalue weighted by Crippen LogP contribution is -2.35. The molecule has 1 rings (SSSR count). The minimum atomic E-state index is -0.182. The Morgan fingerprint density at radius 3 is 2.60 bits per heavy atom. The first-order chi connectivity index (χ1) is 9.63. The van der Waals surface area contributed by atoms with Gasteiger partial charge in [0.15, 0.2) is 0 Å². The average Bonchev–Trinajstić information content (AvgIpc) is 2.44. The van der Waals surface area contributed by atoms with Crippen molar-refractivity contribution in [1.29, 1.82) is 0 Å². The van der Waals surface area contributed by atoms with E-state index in [1.165, 1.54) is 0 Å². The number of nitrogens with one attached hydrogen (secondary N) is 1. The summed E-state index contributed by atoms with van der Waals surface area (Å²) in [5, 5.41) is 2.90. The van der Waals surface area contributed by atoms with E-state index < -0.39 is 0 Å². The molecule has 0 radical (unpaired) electrons. The van der Waals surface area contributed by atoms with E-state index in [-0.39, 0.29) is 5.91 Å². The van der Waals surface area contributed by atoms with Gasteiger partial charge in [-0.1, -0.05) is 19.9 Å². The second-order valence-corrected chi connectivity index (χ2v) is 4.44. The highest BCUT2D eigenvalue weighted by atomic mass is 16.5. The predicted molar refractivity (Wildman–Crippen MR) is 82.1 cm³/mol. The molecule has 0 saturated heterocycles. The lowest BCUT2D eigenvalue weighted by molar-refractivity contribution is 0.0946. The monoisotopic (exact) mass is 279 g/mol. The van der Waals surface area contributed by atoms with Crippen molar-refractivity contribution in [3.05, 3.63) is 23.8 Å². The summed E-state index contributed by atoms with van der Waals surface area (Å²) in [6.07, 6.45) is 0. The average molecular weight is 279 g/mol. The van der Waals surface area contributed by atoms with Gasteiger partial charge in [0.05, 0.1) is 6.61 Å². The summed E-state index contributed by atoms with van der Waals surface area (Å²) in [5.41, 5.74) is 6.75. The van der Waals surface area contributed by atoms with E-state index in [0.29, 0.717) is 30.2 Å². The number of ether oxygens (including phenoxy) is 1. The Morgan fingerprint density at radius 2 is 2.00 bits per heavy atom. The molecule has 1 aromatic carbocycles. The zero-order chi connectivity index (χ0) is 15.0. The van der Waals surface area contributed by atoms with Crippen LogP contribution in [0.25, 0.3) is 0 Å². The molecule has 0 aliphatic carbocycles. The van der Waals surface area contributed by atoms with Crippen molar-refractivity contribution in [3.8, 4) is 5.75 Å². The molecule has 1 amide bonds. The van der Waals surface area contributed by atoms with Gasteiger partial charge < -0.3 is 20.7 Å². The van der Waals surface area contributed by atoms with Gasteiger partial charge in [0.2, 0.25) is 0 Å². The summed E-state index contributed by atoms with van der Waals surface area (Å²) in [6, 6.07) is 5.26. The Bertz CT molecular complexity index is 431. The standard InChI is InChI=1S/C15H25N3O2/c1-4-18(5-2)11-10-17-15(19)14-12(16)8-7-9-13(14)20-6-3/h7-9H,4-6,10-11,16H2,1-3H3,(H,17,19). The third-order valence-corrected chi connectivity index (χ3v) is 3.19. The number of benzene rings is 1. The maximum Gasteiger partial charge on any atom is 0.257 e. The zero-order valence-electron chi connectivity index (χ0n) is 12.6. The molecule has 0 atom stereocenters. The van der Waals surface area contributed by atoms with Crippen LogP contribution >= 0.6 is 0 Å². The van der Waals surface area contributed by atoms with E-state index in [9.17, 15) is 4.79 Å². The van der Waals surface area contributed by atoms with Crippen LogP contribution in [0.3, 0.4) is 0 Å². The zero-order valence-corrected chi connectivity index (χ0v) is 12.6. The highest BCUT2D eigenvalue weighted by Gasteiger charge is 2.15. The van der Waals surface area contributed by atoms with Crippen molar-refractivity contribution in [2.45, 2.75) is 20.8 Å². The van der Waals surface area contributed by atoms with Crippen molar-refractivity contribution >= 4 is 11.6 Å². The second-order valence-electron chi connectivity index (χ2n) is 4.44. The molecule has 0 aliphatic rings. The fraction of sp³-hybridized carbons (Fsp3) is 0.533. The van der Waals surface area contributed by atoms with Crippen molar-refractivity contribution in [2.24, 2.45) is 0 Å². The minimum absolute atomic E-state index is 0.182. The molecular weight excluding hydrogens is 254 g/mol. The van der Waals surface area contributed by atoms with Crippen molar-refractivity contribution in [3.63, 3.8) is 0 Å². The van der Waals surface area contributed by atoms with E-state index in [1.54, 1.807) is 18.2 Å². The van der Waals surface area contributed by atoms with Gasteiger partial charge in [0.1, 0.15) is 11.3 Å². The van der Waals surface area contributed by atoms with Gasteiger partial charge in [-0.25, -0.2) is 0 Å². The largest absolute Gasteiger partial charge is 0.493 e. The number of nitrogen functional groups attached to an aromatic ring is 1. The van der Waals surface area contributed by atoms with E-state index in [4.69, 9.17) is 10.5 Å². The van der Waals surface area contributed by atoms with Crippen molar-refractivity contribution < 1.29 is 9.53 Å². The van der Waals surface area contributed by atoms with E-state index in [1.807, 2.05) is 6.92 Å². The van der Waals surface area contributed by atoms with Crippen LogP contribution in [-0.2, 0) is 0 Å². The number of anilines is 1. The number of nitrogens with zero attached hydrogens (tertiary/aromatic N) is 1. The quantitative estimate of drug-likeness (QED) is 0.711. The number of carbonyl (C=O) groups excluding carboxylic acids is 1. The molecule has 5 nitrogen and oxygen atoms in total. The first kappa shape index (κ1) is 16.3. The molecule has 0 saturated carbocycles. The van der Waals surface area contributed by atoms with Crippen LogP contribution in [0.4, 0.5) is 5.69 Å². The maximum absolute atomic E-state index is 12.2. The topological polar surface area (TPSA) is 67.6 Å². The molecule has 5 heteroatoms. The molecule has 0 bridgehead atoms. The molecule has 0 aromatic heterocycles. The van der Waals surface area contributed by atoms with E-state index in [2.05, 4.69) is 24.1 Å². The molecular formula is C15H25N3O2. The summed E-state index contributed by atoms with van der Waals surface area (Å²) in [6.45, 7) is 9.97. The molecule has 20 heavy (non-hydrogen) atoms. The lowest BCUT2D eigenvalue weighted by Gasteiger charge is -2.18. The van der Waals surface area contributed by atoms with Crippen LogP contribution in [0.5, 0.6) is 5.75 Å². The summed E-state index contributed by atoms with van der Waals surface area (Å²) in [7, 11) is 0. The van der Waals surface area contributed by atoms with Crippen LogP contribution in [0.15, 0.2) is 18.2 Å². The van der Waals surface area contributed by atoms with Crippen LogP contribution in [-0.4, -0.2) is 43.6 Å². The third-order valence-electron chi connectivity index (χ3n) is 3.19. The van der Waals surface area contributed by atoms with Crippen molar-refractivity contribution in [1.82, 2.24) is 10.2 Å². The minimum Gasteiger partial charge on any atom is -0.493 e. The van der Waals surface area contributed by atoms with Gasteiger partial charge in [0, 0.05) is 18.8 Å². The van der Waals surface area contributed by atoms with Gasteiger partial charge in [0.25, 0.3) is 5.91 Å². The summed E-state index contributed by atoms with van der Waals surface area (Å²) >= 11 is 0. The molecule has 3 N–H and O–H groups in total. The fourth-order valence-corrected chi connectivity index (χ4v) is 2.02. The predicted octanol–water partition coefficient (Wildman–Crippen LogP) is 1.74. The van der Waals surface area contributed by atoms with Gasteiger partial charge in [-0.05, 0) is 32.1 Å². The molecule has 1 aromatic rings. The van der Waals surface area contributed by atoms with Gasteiger partial charge >= 0.3 is 0 Å². The highest BCUT2D eigenvalue weighted by Crippen LogP contribution is 2.24. The van der Waals surface area contributed by atoms with E-state index >= 15 is 0 Å². The molecule has 0 spiro atoms. The molecule has 0 aliphatic heterocycles. The molecule has 112 valence electrons. The number of amides is 1. The summed E-state index contributed by atoms with van der Waals surface area (Å²) < 4.78 is 5.46. The second kappa shape index (κ2) is 8.43. The Hall–Kier alpha value is -1.75. The molecule has 0 heterocycles. The van der Waals surface area contributed by atoms with E-state index in [0.717, 1.165) is 19.6 Å². The Labute approximate surface area is 121 Å². The summed E-state index contributed by atoms with van der Waals surface area (Å²) in [4.78, 5) is 14.5. The number of rotatable bonds is 8. The molecule has 0 fully saturated rings. The Balaban J connectivity index is 2.67. The van der Waals surface area contributed by atoms with Crippen molar-refractivity contribution in [2.75, 3.05) is 38.5 Å². The Kier molecular flexibility index (Phi) is 6.87. The van der Waals surface area contributed by atoms with Crippen LogP contribution in [0.2, 0.25) is 0 Å². The highest BCUT2D eigenvalue weighted by molar-refractivity contribution is 6.01. The number of carbonyl (C=O) groups is 1. The van der Waals surface area contributed by atoms with Crippen LogP contribution < -0.4 is 15.8 Å². The number of hydrogen-bond acceptors (Lipinski definition) is 4. The van der Waals surface area contributed by atoms with Gasteiger partial charge in [-0.2, -0.15) is 0 Å². The van der Waals surface area contributed by atoms with Crippen LogP contribution in [0.1, 0.15) is 31.1 Å². The first-order valence-electron chi connectivity index (χ1n) is 7.15. The Morgan fingerprint density at radius 1 is 1.30 bits per heavy atom. The number of hydrogen-bond donors (Lipinski definition) is 2. The van der Waals surface area contributed by atoms with Gasteiger partial charge in [-0.15, -0.1) is 0 Å². The SMILES string of the molecule is CCOc1cccc(N)c1C(=O)NCCN(CC)CC. The summed E-state index contributed by atoms with van der Waals surface area (Å²) in [5.74, 6) is 0.353. The maximum atomic E-state index is 12.2. The first-order valence-corrected chi connectivity index (χ1v) is 7.15. The smallest absolute Gasteiger partial charge is 0.257 e. The fourth-order valence-electron chi connectivity index (χ4n) is 2.02. The van der Waals surface area contributed by atoms with Gasteiger partial charge in [-0.3, -0.25) is 4.79 Å². The normalized spacial score (nSPS) is 10.6. The van der Waals surface area contributed by atoms with Crippen LogP contribution in [0, 0.1) is 0 Å². The number of nitrogens with two attached hydrogens (primary N) is 1. The molecule has 0 unspecified atom stereocenters.